The molecule has 0 atom stereocenters. The number of hydrogen-bond donors (Lipinski definition) is 2. The first kappa shape index (κ1) is 21.2. The average Bonchev–Trinajstić information content (AvgIpc) is 3.51. The Bertz CT molecular complexity index is 1290. The van der Waals surface area contributed by atoms with E-state index in [1.165, 1.54) is 61.6 Å². The van der Waals surface area contributed by atoms with Crippen molar-refractivity contribution in [3.8, 4) is 5.69 Å². The Labute approximate surface area is 200 Å². The molecule has 7 nitrogen and oxygen atoms in total. The minimum absolute atomic E-state index is 0.557. The van der Waals surface area contributed by atoms with Gasteiger partial charge in [0.05, 0.1) is 11.9 Å². The van der Waals surface area contributed by atoms with Crippen molar-refractivity contribution in [3.05, 3.63) is 65.4 Å². The van der Waals surface area contributed by atoms with Crippen molar-refractivity contribution in [1.29, 1.82) is 0 Å². The van der Waals surface area contributed by atoms with Gasteiger partial charge in [0.1, 0.15) is 0 Å². The Kier molecular flexibility index (Phi) is 5.93. The van der Waals surface area contributed by atoms with E-state index in [1.807, 2.05) is 10.7 Å². The number of para-hydroxylation sites is 1. The predicted molar refractivity (Wildman–Crippen MR) is 134 cm³/mol. The summed E-state index contributed by atoms with van der Waals surface area (Å²) in [4.78, 5) is 9.27. The lowest BCUT2D eigenvalue weighted by atomic mass is 9.89. The van der Waals surface area contributed by atoms with Crippen LogP contribution in [-0.2, 0) is 19.4 Å². The summed E-state index contributed by atoms with van der Waals surface area (Å²) in [6.45, 7) is 1.88. The molecule has 2 aliphatic rings. The first-order valence-electron chi connectivity index (χ1n) is 12.6. The fourth-order valence-electron chi connectivity index (χ4n) is 5.40. The van der Waals surface area contributed by atoms with Gasteiger partial charge in [0.15, 0.2) is 11.2 Å². The van der Waals surface area contributed by atoms with E-state index < -0.39 is 0 Å². The van der Waals surface area contributed by atoms with E-state index in [1.54, 1.807) is 6.20 Å². The Morgan fingerprint density at radius 2 is 1.82 bits per heavy atom. The maximum atomic E-state index is 4.79. The number of aromatic nitrogens is 5. The number of nitrogens with zero attached hydrogens (tertiary/aromatic N) is 5. The van der Waals surface area contributed by atoms with Crippen LogP contribution >= 0.6 is 0 Å². The molecule has 2 aromatic heterocycles. The molecule has 0 spiro atoms. The molecule has 0 unspecified atom stereocenters. The second-order valence-electron chi connectivity index (χ2n) is 9.63. The number of anilines is 2. The number of hydrogen-bond acceptors (Lipinski definition) is 6. The summed E-state index contributed by atoms with van der Waals surface area (Å²) >= 11 is 0. The molecule has 174 valence electrons. The largest absolute Gasteiger partial charge is 0.324 e. The summed E-state index contributed by atoms with van der Waals surface area (Å²) in [6.07, 6.45) is 12.1. The van der Waals surface area contributed by atoms with Crippen LogP contribution in [0, 0.1) is 5.92 Å². The molecule has 2 aromatic carbocycles. The molecule has 0 saturated heterocycles. The van der Waals surface area contributed by atoms with Crippen molar-refractivity contribution in [2.45, 2.75) is 57.9 Å². The fourth-order valence-corrected chi connectivity index (χ4v) is 5.40. The van der Waals surface area contributed by atoms with Gasteiger partial charge in [0.2, 0.25) is 5.95 Å². The molecule has 0 radical (unpaired) electrons. The minimum Gasteiger partial charge on any atom is -0.324 e. The Morgan fingerprint density at radius 3 is 2.76 bits per heavy atom. The van der Waals surface area contributed by atoms with Crippen LogP contribution in [0.3, 0.4) is 0 Å². The highest BCUT2D eigenvalue weighted by atomic mass is 15.4. The third-order valence-corrected chi connectivity index (χ3v) is 7.24. The fraction of sp³-hybridized carbons (Fsp3) is 0.407. The maximum absolute atomic E-state index is 4.79. The van der Waals surface area contributed by atoms with Gasteiger partial charge in [-0.15, -0.1) is 5.10 Å². The van der Waals surface area contributed by atoms with E-state index in [2.05, 4.69) is 62.3 Å². The van der Waals surface area contributed by atoms with Gasteiger partial charge in [-0.05, 0) is 79.5 Å². The lowest BCUT2D eigenvalue weighted by Crippen LogP contribution is -2.24. The monoisotopic (exact) mass is 453 g/mol. The van der Waals surface area contributed by atoms with Crippen molar-refractivity contribution in [1.82, 2.24) is 30.3 Å². The number of nitrogens with one attached hydrogen (secondary N) is 2. The molecule has 0 bridgehead atoms. The second kappa shape index (κ2) is 9.50. The maximum Gasteiger partial charge on any atom is 0.229 e. The highest BCUT2D eigenvalue weighted by Crippen LogP contribution is 2.27. The van der Waals surface area contributed by atoms with Gasteiger partial charge >= 0.3 is 0 Å². The van der Waals surface area contributed by atoms with Gasteiger partial charge in [0.25, 0.3) is 0 Å². The van der Waals surface area contributed by atoms with E-state index in [0.29, 0.717) is 17.1 Å². The summed E-state index contributed by atoms with van der Waals surface area (Å²) in [5.41, 5.74) is 7.49. The van der Waals surface area contributed by atoms with E-state index in [-0.39, 0.29) is 0 Å². The summed E-state index contributed by atoms with van der Waals surface area (Å²) in [5.74, 6) is 1.36. The predicted octanol–water partition coefficient (Wildman–Crippen LogP) is 5.11. The van der Waals surface area contributed by atoms with Gasteiger partial charge in [-0.1, -0.05) is 48.7 Å². The van der Waals surface area contributed by atoms with Crippen LogP contribution in [0.15, 0.2) is 48.7 Å². The first-order chi connectivity index (χ1) is 16.8. The van der Waals surface area contributed by atoms with E-state index in [0.717, 1.165) is 36.8 Å². The van der Waals surface area contributed by atoms with E-state index >= 15 is 0 Å². The minimum atomic E-state index is 0.557. The van der Waals surface area contributed by atoms with Gasteiger partial charge in [0, 0.05) is 12.2 Å². The highest BCUT2D eigenvalue weighted by Gasteiger charge is 2.16. The Morgan fingerprint density at radius 1 is 0.941 bits per heavy atom. The van der Waals surface area contributed by atoms with Crippen molar-refractivity contribution >= 4 is 22.8 Å². The molecule has 1 saturated carbocycles. The van der Waals surface area contributed by atoms with Crippen LogP contribution in [0.1, 0.15) is 55.2 Å². The molecule has 34 heavy (non-hydrogen) atoms. The molecular formula is C27H31N7. The molecule has 6 rings (SSSR count). The number of rotatable bonds is 7. The lowest BCUT2D eigenvalue weighted by molar-refractivity contribution is 0.342. The summed E-state index contributed by atoms with van der Waals surface area (Å²) in [5, 5.41) is 15.8. The van der Waals surface area contributed by atoms with Gasteiger partial charge in [-0.2, -0.15) is 9.67 Å². The topological polar surface area (TPSA) is 80.6 Å². The van der Waals surface area contributed by atoms with Gasteiger partial charge in [-0.25, -0.2) is 4.98 Å². The lowest BCUT2D eigenvalue weighted by Gasteiger charge is -2.22. The third kappa shape index (κ3) is 4.40. The van der Waals surface area contributed by atoms with Crippen LogP contribution in [-0.4, -0.2) is 31.5 Å². The van der Waals surface area contributed by atoms with Crippen LogP contribution in [0.4, 0.5) is 11.6 Å². The van der Waals surface area contributed by atoms with E-state index in [4.69, 9.17) is 4.98 Å². The van der Waals surface area contributed by atoms with Crippen LogP contribution in [0.2, 0.25) is 0 Å². The molecule has 2 aliphatic carbocycles. The standard InChI is InChI=1S/C27H31N7/c1-2-7-19(8-3-1)16-28-17-22-9-4-5-12-25(22)34-26-24(32-33-34)18-29-27(31-26)30-23-14-13-20-10-6-11-21(20)15-23/h4-5,9,12-15,18-19,28H,1-3,6-8,10-11,16-17H2,(H,29,30,31). The molecular weight excluding hydrogens is 422 g/mol. The number of aryl methyl sites for hydroxylation is 2. The van der Waals surface area contributed by atoms with Crippen LogP contribution in [0.25, 0.3) is 16.9 Å². The zero-order chi connectivity index (χ0) is 22.7. The van der Waals surface area contributed by atoms with Crippen LogP contribution in [0.5, 0.6) is 0 Å². The molecule has 4 aromatic rings. The highest BCUT2D eigenvalue weighted by molar-refractivity contribution is 5.73. The molecule has 0 aliphatic heterocycles. The van der Waals surface area contributed by atoms with Crippen molar-refractivity contribution in [2.75, 3.05) is 11.9 Å². The molecule has 7 heteroatoms. The number of benzene rings is 2. The zero-order valence-electron chi connectivity index (χ0n) is 19.5. The Balaban J connectivity index is 1.23. The van der Waals surface area contributed by atoms with Crippen molar-refractivity contribution in [3.63, 3.8) is 0 Å². The Hall–Kier alpha value is -3.32. The molecule has 2 heterocycles. The summed E-state index contributed by atoms with van der Waals surface area (Å²) in [6, 6.07) is 14.9. The normalized spacial score (nSPS) is 16.1. The molecule has 0 amide bonds. The van der Waals surface area contributed by atoms with Gasteiger partial charge < -0.3 is 10.6 Å². The van der Waals surface area contributed by atoms with Crippen molar-refractivity contribution < 1.29 is 0 Å². The first-order valence-corrected chi connectivity index (χ1v) is 12.6. The molecule has 1 fully saturated rings. The summed E-state index contributed by atoms with van der Waals surface area (Å²) in [7, 11) is 0. The zero-order valence-corrected chi connectivity index (χ0v) is 19.5. The van der Waals surface area contributed by atoms with Crippen molar-refractivity contribution in [2.24, 2.45) is 5.92 Å². The van der Waals surface area contributed by atoms with Crippen LogP contribution < -0.4 is 10.6 Å². The quantitative estimate of drug-likeness (QED) is 0.405. The van der Waals surface area contributed by atoms with E-state index in [9.17, 15) is 0 Å². The average molecular weight is 454 g/mol. The SMILES string of the molecule is c1ccc(-n2nnc3cnc(Nc4ccc5c(c4)CCC5)nc32)c(CNCC2CCCCC2)c1. The number of fused-ring (bicyclic) bond motifs is 2. The summed E-state index contributed by atoms with van der Waals surface area (Å²) < 4.78 is 1.84. The van der Waals surface area contributed by atoms with Gasteiger partial charge in [-0.3, -0.25) is 0 Å². The smallest absolute Gasteiger partial charge is 0.229 e. The third-order valence-electron chi connectivity index (χ3n) is 7.24. The second-order valence-corrected chi connectivity index (χ2v) is 9.63. The molecule has 2 N–H and O–H groups in total.